The zero-order valence-corrected chi connectivity index (χ0v) is 21.9. The topological polar surface area (TPSA) is 98.9 Å². The summed E-state index contributed by atoms with van der Waals surface area (Å²) in [7, 11) is 0. The molecular weight excluding hydrogens is 499 g/mol. The summed E-state index contributed by atoms with van der Waals surface area (Å²) in [5.74, 6) is 0.242. The van der Waals surface area contributed by atoms with Gasteiger partial charge in [0.2, 0.25) is 0 Å². The highest BCUT2D eigenvalue weighted by Crippen LogP contribution is 2.32. The van der Waals surface area contributed by atoms with Crippen LogP contribution in [0.5, 0.6) is 0 Å². The number of pyridine rings is 1. The Morgan fingerprint density at radius 1 is 1.05 bits per heavy atom. The van der Waals surface area contributed by atoms with E-state index in [0.29, 0.717) is 42.5 Å². The molecule has 0 bridgehead atoms. The lowest BCUT2D eigenvalue weighted by atomic mass is 9.95. The lowest BCUT2D eigenvalue weighted by Gasteiger charge is -2.36. The number of hydrogen-bond donors (Lipinski definition) is 2. The van der Waals surface area contributed by atoms with Gasteiger partial charge in [-0.3, -0.25) is 9.69 Å². The Kier molecular flexibility index (Phi) is 8.22. The number of piperazine rings is 1. The molecule has 0 atom stereocenters. The molecule has 1 saturated heterocycles. The van der Waals surface area contributed by atoms with Crippen molar-refractivity contribution in [2.24, 2.45) is 0 Å². The van der Waals surface area contributed by atoms with Crippen molar-refractivity contribution in [2.45, 2.75) is 51.8 Å². The summed E-state index contributed by atoms with van der Waals surface area (Å²) in [4.78, 5) is 29.2. The van der Waals surface area contributed by atoms with Crippen molar-refractivity contribution in [1.29, 1.82) is 0 Å². The Bertz CT molecular complexity index is 1230. The largest absolute Gasteiger partial charge is 0.433 e. The number of unbranched alkanes of at least 4 members (excludes halogenated alkanes) is 1. The van der Waals surface area contributed by atoms with E-state index >= 15 is 0 Å². The molecule has 0 saturated carbocycles. The van der Waals surface area contributed by atoms with Gasteiger partial charge in [0.1, 0.15) is 28.7 Å². The number of imidazole rings is 1. The molecule has 0 aliphatic carbocycles. The Hall–Kier alpha value is -3.25. The second-order valence-electron chi connectivity index (χ2n) is 10.5. The molecule has 1 aliphatic heterocycles. The van der Waals surface area contributed by atoms with Crippen molar-refractivity contribution >= 4 is 17.4 Å². The van der Waals surface area contributed by atoms with Gasteiger partial charge in [-0.25, -0.2) is 15.0 Å². The molecule has 9 nitrogen and oxygen atoms in total. The zero-order valence-electron chi connectivity index (χ0n) is 21.9. The molecule has 38 heavy (non-hydrogen) atoms. The van der Waals surface area contributed by atoms with E-state index in [2.05, 4.69) is 25.2 Å². The summed E-state index contributed by atoms with van der Waals surface area (Å²) in [5.41, 5.74) is 0.0571. The van der Waals surface area contributed by atoms with E-state index in [-0.39, 0.29) is 18.3 Å². The number of aliphatic hydroxyl groups excluding tert-OH is 1. The van der Waals surface area contributed by atoms with Crippen LogP contribution in [0.3, 0.4) is 0 Å². The van der Waals surface area contributed by atoms with Gasteiger partial charge in [-0.1, -0.05) is 26.8 Å². The molecule has 1 aliphatic rings. The number of aromatic nitrogens is 4. The van der Waals surface area contributed by atoms with Crippen molar-refractivity contribution in [3.63, 3.8) is 0 Å². The van der Waals surface area contributed by atoms with Gasteiger partial charge < -0.3 is 19.7 Å². The molecule has 3 aromatic heterocycles. The number of carbonyl (C=O) groups excluding carboxylic acids is 1. The van der Waals surface area contributed by atoms with Gasteiger partial charge in [0, 0.05) is 56.1 Å². The summed E-state index contributed by atoms with van der Waals surface area (Å²) in [6.45, 7) is 9.21. The van der Waals surface area contributed by atoms with Gasteiger partial charge >= 0.3 is 6.18 Å². The Labute approximate surface area is 219 Å². The maximum absolute atomic E-state index is 13.4. The van der Waals surface area contributed by atoms with E-state index in [4.69, 9.17) is 0 Å². The second-order valence-corrected chi connectivity index (χ2v) is 10.5. The molecule has 2 N–H and O–H groups in total. The minimum atomic E-state index is -4.53. The molecule has 4 rings (SSSR count). The summed E-state index contributed by atoms with van der Waals surface area (Å²) in [5, 5.41) is 12.3. The average molecular weight is 534 g/mol. The van der Waals surface area contributed by atoms with Gasteiger partial charge in [-0.05, 0) is 31.5 Å². The number of anilines is 1. The fourth-order valence-electron chi connectivity index (χ4n) is 4.34. The molecule has 0 unspecified atom stereocenters. The highest BCUT2D eigenvalue weighted by Gasteiger charge is 2.36. The van der Waals surface area contributed by atoms with E-state index in [1.54, 1.807) is 49.6 Å². The van der Waals surface area contributed by atoms with Crippen LogP contribution in [0, 0.1) is 0 Å². The first kappa shape index (κ1) is 27.8. The molecule has 0 spiro atoms. The number of hydrogen-bond acceptors (Lipinski definition) is 7. The molecule has 3 aromatic rings. The Morgan fingerprint density at radius 2 is 1.79 bits per heavy atom. The Morgan fingerprint density at radius 3 is 2.45 bits per heavy atom. The van der Waals surface area contributed by atoms with Gasteiger partial charge in [-0.15, -0.1) is 0 Å². The van der Waals surface area contributed by atoms with Crippen LogP contribution in [0.25, 0.3) is 5.65 Å². The maximum atomic E-state index is 13.4. The quantitative estimate of drug-likeness (QED) is 0.429. The molecule has 206 valence electrons. The smallest absolute Gasteiger partial charge is 0.390 e. The van der Waals surface area contributed by atoms with Gasteiger partial charge in [-0.2, -0.15) is 13.2 Å². The fraction of sp³-hybridized carbons (Fsp3) is 0.538. The van der Waals surface area contributed by atoms with Gasteiger partial charge in [0.05, 0.1) is 6.61 Å². The molecule has 4 heterocycles. The monoisotopic (exact) mass is 533 g/mol. The third-order valence-electron chi connectivity index (χ3n) is 6.53. The SMILES string of the molecule is CC(C)(C)c1nc(N2CCN(CCCCNC(=O)c3cn4c(CO)cccc4n3)CC2)cc(C(F)(F)F)n1. The molecular formula is C26H34F3N7O2. The fourth-order valence-corrected chi connectivity index (χ4v) is 4.34. The third-order valence-corrected chi connectivity index (χ3v) is 6.53. The minimum Gasteiger partial charge on any atom is -0.390 e. The lowest BCUT2D eigenvalue weighted by molar-refractivity contribution is -0.141. The predicted molar refractivity (Wildman–Crippen MR) is 137 cm³/mol. The number of fused-ring (bicyclic) bond motifs is 1. The normalized spacial score (nSPS) is 15.3. The molecule has 12 heteroatoms. The standard InChI is InChI=1S/C26H34F3N7O2/c1-25(2,3)24-32-20(26(27,28)29)15-22(33-24)35-13-11-34(12-14-35)10-5-4-9-30-23(38)19-16-36-18(17-37)7-6-8-21(36)31-19/h6-8,15-16,37H,4-5,9-14,17H2,1-3H3,(H,30,38). The second kappa shape index (κ2) is 11.2. The van der Waals surface area contributed by atoms with Crippen LogP contribution in [-0.2, 0) is 18.2 Å². The van der Waals surface area contributed by atoms with Crippen molar-refractivity contribution in [3.8, 4) is 0 Å². The third kappa shape index (κ3) is 6.60. The van der Waals surface area contributed by atoms with Crippen LogP contribution >= 0.6 is 0 Å². The van der Waals surface area contributed by atoms with Crippen LogP contribution in [-0.4, -0.2) is 74.5 Å². The summed E-state index contributed by atoms with van der Waals surface area (Å²) < 4.78 is 42.0. The van der Waals surface area contributed by atoms with Crippen LogP contribution in [0.1, 0.15) is 61.3 Å². The number of rotatable bonds is 8. The first-order chi connectivity index (χ1) is 18.0. The number of nitrogens with zero attached hydrogens (tertiary/aromatic N) is 6. The molecule has 1 amide bonds. The number of alkyl halides is 3. The molecule has 0 aromatic carbocycles. The highest BCUT2D eigenvalue weighted by molar-refractivity contribution is 5.92. The van der Waals surface area contributed by atoms with E-state index in [9.17, 15) is 23.1 Å². The maximum Gasteiger partial charge on any atom is 0.433 e. The van der Waals surface area contributed by atoms with Crippen molar-refractivity contribution in [1.82, 2.24) is 29.6 Å². The van der Waals surface area contributed by atoms with E-state index in [0.717, 1.165) is 38.5 Å². The number of amides is 1. The van der Waals surface area contributed by atoms with Crippen LogP contribution in [0.15, 0.2) is 30.5 Å². The summed E-state index contributed by atoms with van der Waals surface area (Å²) >= 11 is 0. The molecule has 1 fully saturated rings. The van der Waals surface area contributed by atoms with Gasteiger partial charge in [0.15, 0.2) is 0 Å². The number of carbonyl (C=O) groups is 1. The van der Waals surface area contributed by atoms with E-state index < -0.39 is 17.3 Å². The summed E-state index contributed by atoms with van der Waals surface area (Å²) in [6, 6.07) is 6.37. The van der Waals surface area contributed by atoms with Crippen LogP contribution in [0.2, 0.25) is 0 Å². The number of nitrogens with one attached hydrogen (secondary N) is 1. The van der Waals surface area contributed by atoms with Crippen molar-refractivity contribution in [2.75, 3.05) is 44.2 Å². The van der Waals surface area contributed by atoms with E-state index in [1.165, 1.54) is 0 Å². The lowest BCUT2D eigenvalue weighted by Crippen LogP contribution is -2.47. The first-order valence-electron chi connectivity index (χ1n) is 12.8. The highest BCUT2D eigenvalue weighted by atomic mass is 19.4. The number of halogens is 3. The Balaban J connectivity index is 1.23. The zero-order chi connectivity index (χ0) is 27.5. The number of aliphatic hydroxyl groups is 1. The summed E-state index contributed by atoms with van der Waals surface area (Å²) in [6.07, 6.45) is -1.24. The van der Waals surface area contributed by atoms with E-state index in [1.807, 2.05) is 4.90 Å². The van der Waals surface area contributed by atoms with Crippen molar-refractivity contribution in [3.05, 3.63) is 53.4 Å². The predicted octanol–water partition coefficient (Wildman–Crippen LogP) is 3.27. The van der Waals surface area contributed by atoms with Crippen LogP contribution < -0.4 is 10.2 Å². The van der Waals surface area contributed by atoms with Gasteiger partial charge in [0.25, 0.3) is 5.91 Å². The van der Waals surface area contributed by atoms with Crippen molar-refractivity contribution < 1.29 is 23.1 Å². The minimum absolute atomic E-state index is 0.144. The first-order valence-corrected chi connectivity index (χ1v) is 12.8. The molecule has 0 radical (unpaired) electrons. The average Bonchev–Trinajstić information content (AvgIpc) is 3.32. The van der Waals surface area contributed by atoms with Crippen LogP contribution in [0.4, 0.5) is 19.0 Å².